The fourth-order valence-electron chi connectivity index (χ4n) is 3.90. The summed E-state index contributed by atoms with van der Waals surface area (Å²) < 4.78 is 31.6. The van der Waals surface area contributed by atoms with Crippen molar-refractivity contribution < 1.29 is 13.2 Å². The van der Waals surface area contributed by atoms with E-state index >= 15 is 0 Å². The van der Waals surface area contributed by atoms with E-state index in [0.717, 1.165) is 38.7 Å². The Labute approximate surface area is 197 Å². The Morgan fingerprint density at radius 2 is 2.00 bits per heavy atom. The molecular weight excluding hydrogens is 517 g/mol. The Balaban J connectivity index is 0.00000320. The van der Waals surface area contributed by atoms with Gasteiger partial charge in [-0.15, -0.1) is 24.0 Å². The number of nitrogens with one attached hydrogen (secondary N) is 2. The summed E-state index contributed by atoms with van der Waals surface area (Å²) in [7, 11) is -1.34. The number of nitrogens with zero attached hydrogens (tertiary/aromatic N) is 3. The summed E-state index contributed by atoms with van der Waals surface area (Å²) in [5.74, 6) is 0.957. The van der Waals surface area contributed by atoms with Crippen LogP contribution >= 0.6 is 24.0 Å². The van der Waals surface area contributed by atoms with E-state index in [0.29, 0.717) is 25.6 Å². The van der Waals surface area contributed by atoms with Crippen LogP contribution in [0.3, 0.4) is 0 Å². The lowest BCUT2D eigenvalue weighted by Crippen LogP contribution is -2.50. The first-order chi connectivity index (χ1) is 14.0. The Morgan fingerprint density at radius 1 is 1.23 bits per heavy atom. The van der Waals surface area contributed by atoms with Gasteiger partial charge in [0, 0.05) is 46.3 Å². The summed E-state index contributed by atoms with van der Waals surface area (Å²) >= 11 is 0. The molecule has 0 bridgehead atoms. The minimum atomic E-state index is -3.13. The summed E-state index contributed by atoms with van der Waals surface area (Å²) in [5.41, 5.74) is 1.32. The number of morpholine rings is 1. The van der Waals surface area contributed by atoms with Crippen molar-refractivity contribution in [1.82, 2.24) is 19.8 Å². The van der Waals surface area contributed by atoms with Crippen molar-refractivity contribution in [1.29, 1.82) is 0 Å². The molecule has 170 valence electrons. The lowest BCUT2D eigenvalue weighted by atomic mass is 10.1. The van der Waals surface area contributed by atoms with Crippen LogP contribution in [0.5, 0.6) is 0 Å². The van der Waals surface area contributed by atoms with Crippen LogP contribution in [-0.4, -0.2) is 88.5 Å². The summed E-state index contributed by atoms with van der Waals surface area (Å²) in [6.45, 7) is 7.05. The van der Waals surface area contributed by atoms with E-state index < -0.39 is 10.0 Å². The molecular formula is C20H34IN5O3S. The summed E-state index contributed by atoms with van der Waals surface area (Å²) in [6, 6.07) is 10.9. The minimum Gasteiger partial charge on any atom is -0.373 e. The lowest BCUT2D eigenvalue weighted by molar-refractivity contribution is -0.0502. The van der Waals surface area contributed by atoms with Gasteiger partial charge in [-0.05, 0) is 18.9 Å². The number of rotatable bonds is 8. The Kier molecular flexibility index (Phi) is 10.3. The molecule has 3 rings (SSSR count). The third kappa shape index (κ3) is 7.04. The number of hydrogen-bond donors (Lipinski definition) is 2. The molecule has 2 heterocycles. The number of halogens is 1. The van der Waals surface area contributed by atoms with Crippen molar-refractivity contribution in [3.8, 4) is 0 Å². The molecule has 0 saturated carbocycles. The quantitative estimate of drug-likeness (QED) is 0.218. The zero-order valence-electron chi connectivity index (χ0n) is 17.8. The molecule has 2 unspecified atom stereocenters. The number of aliphatic imine (C=N–C) groups is 1. The molecule has 2 saturated heterocycles. The second kappa shape index (κ2) is 12.2. The van der Waals surface area contributed by atoms with Gasteiger partial charge in [0.25, 0.3) is 0 Å². The van der Waals surface area contributed by atoms with Crippen molar-refractivity contribution in [2.45, 2.75) is 32.0 Å². The van der Waals surface area contributed by atoms with Gasteiger partial charge < -0.3 is 15.0 Å². The first kappa shape index (κ1) is 25.3. The average molecular weight is 551 g/mol. The standard InChI is InChI=1S/C20H33N5O3S.HI/c1-3-29(26,27)23-11-7-10-22-20(21-2)25-15-18-19(16-25)28-13-12-24(18)14-17-8-5-4-6-9-17;/h4-6,8-9,18-19,23H,3,7,10-16H2,1-2H3,(H,21,22);1H. The number of ether oxygens (including phenoxy) is 1. The Morgan fingerprint density at radius 3 is 2.70 bits per heavy atom. The largest absolute Gasteiger partial charge is 0.373 e. The lowest BCUT2D eigenvalue weighted by Gasteiger charge is -2.36. The maximum atomic E-state index is 11.5. The molecule has 1 aromatic carbocycles. The third-order valence-electron chi connectivity index (χ3n) is 5.49. The van der Waals surface area contributed by atoms with Crippen molar-refractivity contribution in [2.75, 3.05) is 52.1 Å². The molecule has 2 atom stereocenters. The van der Waals surface area contributed by atoms with Crippen LogP contribution in [0.1, 0.15) is 18.9 Å². The molecule has 30 heavy (non-hydrogen) atoms. The average Bonchev–Trinajstić information content (AvgIpc) is 3.16. The Bertz CT molecular complexity index is 778. The zero-order chi connectivity index (χ0) is 20.7. The maximum Gasteiger partial charge on any atom is 0.211 e. The normalized spacial score (nSPS) is 22.5. The van der Waals surface area contributed by atoms with Crippen LogP contribution in [0, 0.1) is 0 Å². The highest BCUT2D eigenvalue weighted by Crippen LogP contribution is 2.24. The van der Waals surface area contributed by atoms with Gasteiger partial charge in [0.1, 0.15) is 0 Å². The van der Waals surface area contributed by atoms with E-state index in [1.54, 1.807) is 14.0 Å². The van der Waals surface area contributed by atoms with Crippen LogP contribution < -0.4 is 10.0 Å². The number of benzene rings is 1. The molecule has 2 aliphatic heterocycles. The van der Waals surface area contributed by atoms with Gasteiger partial charge in [0.2, 0.25) is 10.0 Å². The van der Waals surface area contributed by atoms with E-state index in [1.807, 2.05) is 6.07 Å². The molecule has 2 fully saturated rings. The summed E-state index contributed by atoms with van der Waals surface area (Å²) in [5, 5.41) is 3.36. The van der Waals surface area contributed by atoms with Gasteiger partial charge >= 0.3 is 0 Å². The molecule has 0 aromatic heterocycles. The van der Waals surface area contributed by atoms with Gasteiger partial charge in [-0.25, -0.2) is 13.1 Å². The van der Waals surface area contributed by atoms with E-state index in [4.69, 9.17) is 4.74 Å². The van der Waals surface area contributed by atoms with Crippen LogP contribution in [0.25, 0.3) is 0 Å². The van der Waals surface area contributed by atoms with Crippen molar-refractivity contribution in [3.05, 3.63) is 35.9 Å². The highest BCUT2D eigenvalue weighted by atomic mass is 127. The second-order valence-electron chi connectivity index (χ2n) is 7.46. The molecule has 2 N–H and O–H groups in total. The molecule has 10 heteroatoms. The molecule has 0 aliphatic carbocycles. The predicted octanol–water partition coefficient (Wildman–Crippen LogP) is 1.09. The highest BCUT2D eigenvalue weighted by Gasteiger charge is 2.41. The van der Waals surface area contributed by atoms with E-state index in [1.165, 1.54) is 5.56 Å². The fraction of sp³-hybridized carbons (Fsp3) is 0.650. The van der Waals surface area contributed by atoms with Crippen molar-refractivity contribution in [2.24, 2.45) is 4.99 Å². The number of guanidine groups is 1. The number of likely N-dealkylation sites (tertiary alicyclic amines) is 1. The summed E-state index contributed by atoms with van der Waals surface area (Å²) in [4.78, 5) is 9.17. The van der Waals surface area contributed by atoms with Gasteiger partial charge in [-0.1, -0.05) is 30.3 Å². The smallest absolute Gasteiger partial charge is 0.211 e. The number of hydrogen-bond acceptors (Lipinski definition) is 5. The van der Waals surface area contributed by atoms with Crippen LogP contribution in [-0.2, 0) is 21.3 Å². The predicted molar refractivity (Wildman–Crippen MR) is 131 cm³/mol. The van der Waals surface area contributed by atoms with Gasteiger partial charge in [-0.2, -0.15) is 0 Å². The van der Waals surface area contributed by atoms with E-state index in [2.05, 4.69) is 49.1 Å². The first-order valence-corrected chi connectivity index (χ1v) is 12.0. The maximum absolute atomic E-state index is 11.5. The highest BCUT2D eigenvalue weighted by molar-refractivity contribution is 14.0. The van der Waals surface area contributed by atoms with E-state index in [9.17, 15) is 8.42 Å². The first-order valence-electron chi connectivity index (χ1n) is 10.3. The van der Waals surface area contributed by atoms with Gasteiger partial charge in [-0.3, -0.25) is 9.89 Å². The molecule has 0 radical (unpaired) electrons. The van der Waals surface area contributed by atoms with Gasteiger partial charge in [0.05, 0.1) is 24.5 Å². The minimum absolute atomic E-state index is 0. The molecule has 0 amide bonds. The molecule has 2 aliphatic rings. The van der Waals surface area contributed by atoms with Crippen molar-refractivity contribution in [3.63, 3.8) is 0 Å². The molecule has 1 aromatic rings. The topological polar surface area (TPSA) is 86.3 Å². The van der Waals surface area contributed by atoms with Crippen LogP contribution in [0.15, 0.2) is 35.3 Å². The third-order valence-corrected chi connectivity index (χ3v) is 6.90. The number of fused-ring (bicyclic) bond motifs is 1. The van der Waals surface area contributed by atoms with Crippen LogP contribution in [0.4, 0.5) is 0 Å². The second-order valence-corrected chi connectivity index (χ2v) is 9.56. The van der Waals surface area contributed by atoms with Crippen molar-refractivity contribution >= 4 is 40.0 Å². The van der Waals surface area contributed by atoms with Crippen LogP contribution in [0.2, 0.25) is 0 Å². The SMILES string of the molecule is CCS(=O)(=O)NCCCNC(=NC)N1CC2OCCN(Cc3ccccc3)C2C1.I. The monoisotopic (exact) mass is 551 g/mol. The fourth-order valence-corrected chi connectivity index (χ4v) is 4.56. The number of sulfonamides is 1. The zero-order valence-corrected chi connectivity index (χ0v) is 20.9. The Hall–Kier alpha value is -0.950. The van der Waals surface area contributed by atoms with Gasteiger partial charge in [0.15, 0.2) is 5.96 Å². The molecule has 0 spiro atoms. The summed E-state index contributed by atoms with van der Waals surface area (Å²) in [6.07, 6.45) is 0.887. The van der Waals surface area contributed by atoms with E-state index in [-0.39, 0.29) is 35.8 Å². The molecule has 8 nitrogen and oxygen atoms in total.